The minimum Gasteiger partial charge on any atom is -0.345 e. The number of H-pyrrole nitrogens is 1. The van der Waals surface area contributed by atoms with E-state index in [4.69, 9.17) is 0 Å². The SMILES string of the molecule is O=C(/C=C/c1cc2ccccc2[nH]c1=O)NCC(=O)c1ccc(F)cc1. The molecule has 6 heteroatoms. The standard InChI is InChI=1S/C20H15FN2O3/c21-16-8-5-13(6-9-16)18(24)12-22-19(25)10-7-15-11-14-3-1-2-4-17(14)23-20(15)26/h1-11H,12H2,(H,22,25)(H,23,26)/b10-7+. The van der Waals surface area contributed by atoms with Gasteiger partial charge in [-0.2, -0.15) is 0 Å². The molecule has 0 unspecified atom stereocenters. The lowest BCUT2D eigenvalue weighted by atomic mass is 10.1. The van der Waals surface area contributed by atoms with Crippen LogP contribution in [0.25, 0.3) is 17.0 Å². The number of rotatable bonds is 5. The molecule has 1 amide bonds. The predicted octanol–water partition coefficient (Wildman–Crippen LogP) is 2.68. The van der Waals surface area contributed by atoms with Gasteiger partial charge in [0.2, 0.25) is 5.91 Å². The Morgan fingerprint density at radius 2 is 1.81 bits per heavy atom. The van der Waals surface area contributed by atoms with Crippen molar-refractivity contribution >= 4 is 28.7 Å². The second kappa shape index (κ2) is 7.57. The summed E-state index contributed by atoms with van der Waals surface area (Å²) in [5.74, 6) is -1.28. The fourth-order valence-electron chi connectivity index (χ4n) is 2.42. The molecule has 0 aliphatic rings. The van der Waals surface area contributed by atoms with E-state index in [1.807, 2.05) is 18.2 Å². The number of Topliss-reactive ketones (excluding diaryl/α,β-unsaturated/α-hetero) is 1. The largest absolute Gasteiger partial charge is 0.345 e. The van der Waals surface area contributed by atoms with Gasteiger partial charge in [0.15, 0.2) is 5.78 Å². The van der Waals surface area contributed by atoms with Crippen molar-refractivity contribution in [2.45, 2.75) is 0 Å². The average molecular weight is 350 g/mol. The van der Waals surface area contributed by atoms with Crippen LogP contribution >= 0.6 is 0 Å². The first-order chi connectivity index (χ1) is 12.5. The van der Waals surface area contributed by atoms with E-state index in [1.165, 1.54) is 36.4 Å². The number of hydrogen-bond acceptors (Lipinski definition) is 3. The number of halogens is 1. The number of nitrogens with one attached hydrogen (secondary N) is 2. The van der Waals surface area contributed by atoms with Crippen LogP contribution in [-0.2, 0) is 4.79 Å². The van der Waals surface area contributed by atoms with E-state index in [9.17, 15) is 18.8 Å². The highest BCUT2D eigenvalue weighted by Gasteiger charge is 2.07. The molecule has 1 heterocycles. The molecule has 0 atom stereocenters. The zero-order valence-corrected chi connectivity index (χ0v) is 13.7. The van der Waals surface area contributed by atoms with Crippen LogP contribution in [0, 0.1) is 5.82 Å². The van der Waals surface area contributed by atoms with Crippen molar-refractivity contribution in [1.82, 2.24) is 10.3 Å². The zero-order chi connectivity index (χ0) is 18.5. The molecule has 0 bridgehead atoms. The third-order valence-electron chi connectivity index (χ3n) is 3.79. The van der Waals surface area contributed by atoms with E-state index in [2.05, 4.69) is 10.3 Å². The molecule has 1 aromatic heterocycles. The lowest BCUT2D eigenvalue weighted by Crippen LogP contribution is -2.28. The highest BCUT2D eigenvalue weighted by atomic mass is 19.1. The summed E-state index contributed by atoms with van der Waals surface area (Å²) in [6, 6.07) is 14.1. The predicted molar refractivity (Wildman–Crippen MR) is 97.3 cm³/mol. The first-order valence-corrected chi connectivity index (χ1v) is 7.90. The summed E-state index contributed by atoms with van der Waals surface area (Å²) in [5.41, 5.74) is 1.05. The molecule has 0 aliphatic heterocycles. The number of benzene rings is 2. The lowest BCUT2D eigenvalue weighted by molar-refractivity contribution is -0.116. The molecule has 2 aromatic carbocycles. The summed E-state index contributed by atoms with van der Waals surface area (Å²) in [5, 5.41) is 3.29. The van der Waals surface area contributed by atoms with Gasteiger partial charge in [0.05, 0.1) is 6.54 Å². The number of fused-ring (bicyclic) bond motifs is 1. The van der Waals surface area contributed by atoms with Crippen molar-refractivity contribution < 1.29 is 14.0 Å². The van der Waals surface area contributed by atoms with Gasteiger partial charge in [-0.3, -0.25) is 14.4 Å². The molecule has 2 N–H and O–H groups in total. The monoisotopic (exact) mass is 350 g/mol. The first-order valence-electron chi connectivity index (χ1n) is 7.90. The van der Waals surface area contributed by atoms with Gasteiger partial charge in [0, 0.05) is 22.7 Å². The molecule has 130 valence electrons. The molecular weight excluding hydrogens is 335 g/mol. The number of para-hydroxylation sites is 1. The molecule has 0 saturated carbocycles. The number of carbonyl (C=O) groups excluding carboxylic acids is 2. The molecule has 26 heavy (non-hydrogen) atoms. The third kappa shape index (κ3) is 4.10. The van der Waals surface area contributed by atoms with Gasteiger partial charge in [-0.15, -0.1) is 0 Å². The van der Waals surface area contributed by atoms with E-state index in [1.54, 1.807) is 12.1 Å². The van der Waals surface area contributed by atoms with Gasteiger partial charge >= 0.3 is 0 Å². The summed E-state index contributed by atoms with van der Waals surface area (Å²) in [4.78, 5) is 38.5. The maximum atomic E-state index is 12.8. The summed E-state index contributed by atoms with van der Waals surface area (Å²) in [6.45, 7) is -0.219. The summed E-state index contributed by atoms with van der Waals surface area (Å²) >= 11 is 0. The second-order valence-electron chi connectivity index (χ2n) is 5.62. The smallest absolute Gasteiger partial charge is 0.255 e. The molecule has 0 spiro atoms. The first kappa shape index (κ1) is 17.3. The van der Waals surface area contributed by atoms with Crippen LogP contribution in [-0.4, -0.2) is 23.2 Å². The fraction of sp³-hybridized carbons (Fsp3) is 0.0500. The Hall–Kier alpha value is -3.54. The lowest BCUT2D eigenvalue weighted by Gasteiger charge is -2.02. The van der Waals surface area contributed by atoms with Gasteiger partial charge in [0.25, 0.3) is 5.56 Å². The summed E-state index contributed by atoms with van der Waals surface area (Å²) in [6.07, 6.45) is 2.58. The Bertz CT molecular complexity index is 1050. The van der Waals surface area contributed by atoms with Crippen LogP contribution < -0.4 is 10.9 Å². The van der Waals surface area contributed by atoms with Crippen LogP contribution in [0.4, 0.5) is 4.39 Å². The summed E-state index contributed by atoms with van der Waals surface area (Å²) in [7, 11) is 0. The highest BCUT2D eigenvalue weighted by molar-refractivity contribution is 6.01. The number of aromatic amines is 1. The number of hydrogen-bond donors (Lipinski definition) is 2. The van der Waals surface area contributed by atoms with E-state index in [0.717, 1.165) is 5.39 Å². The van der Waals surface area contributed by atoms with Gasteiger partial charge in [-0.05, 0) is 47.9 Å². The summed E-state index contributed by atoms with van der Waals surface area (Å²) < 4.78 is 12.8. The molecule has 0 saturated heterocycles. The molecular formula is C20H15FN2O3. The van der Waals surface area contributed by atoms with Crippen molar-refractivity contribution in [1.29, 1.82) is 0 Å². The van der Waals surface area contributed by atoms with Crippen molar-refractivity contribution in [2.24, 2.45) is 0 Å². The molecule has 5 nitrogen and oxygen atoms in total. The Balaban J connectivity index is 1.64. The van der Waals surface area contributed by atoms with E-state index in [0.29, 0.717) is 16.6 Å². The quantitative estimate of drug-likeness (QED) is 0.548. The Morgan fingerprint density at radius 1 is 1.08 bits per heavy atom. The number of amides is 1. The maximum absolute atomic E-state index is 12.8. The van der Waals surface area contributed by atoms with Gasteiger partial charge < -0.3 is 10.3 Å². The molecule has 0 fully saturated rings. The molecule has 3 aromatic rings. The Morgan fingerprint density at radius 3 is 2.58 bits per heavy atom. The Labute approximate surface area is 148 Å². The Kier molecular flexibility index (Phi) is 5.03. The van der Waals surface area contributed by atoms with E-state index >= 15 is 0 Å². The number of aromatic nitrogens is 1. The van der Waals surface area contributed by atoms with Gasteiger partial charge in [-0.1, -0.05) is 18.2 Å². The van der Waals surface area contributed by atoms with Gasteiger partial charge in [0.1, 0.15) is 5.82 Å². The highest BCUT2D eigenvalue weighted by Crippen LogP contribution is 2.10. The van der Waals surface area contributed by atoms with Crippen LogP contribution in [0.15, 0.2) is 65.5 Å². The van der Waals surface area contributed by atoms with Crippen molar-refractivity contribution in [2.75, 3.05) is 6.54 Å². The minimum absolute atomic E-state index is 0.219. The zero-order valence-electron chi connectivity index (χ0n) is 13.7. The van der Waals surface area contributed by atoms with Crippen LogP contribution in [0.2, 0.25) is 0 Å². The topological polar surface area (TPSA) is 79.0 Å². The van der Waals surface area contributed by atoms with Crippen LogP contribution in [0.5, 0.6) is 0 Å². The number of carbonyl (C=O) groups is 2. The van der Waals surface area contributed by atoms with Crippen molar-refractivity contribution in [3.05, 3.63) is 88.0 Å². The minimum atomic E-state index is -0.506. The van der Waals surface area contributed by atoms with Crippen LogP contribution in [0.3, 0.4) is 0 Å². The fourth-order valence-corrected chi connectivity index (χ4v) is 2.42. The van der Waals surface area contributed by atoms with E-state index in [-0.39, 0.29) is 17.9 Å². The van der Waals surface area contributed by atoms with Crippen LogP contribution in [0.1, 0.15) is 15.9 Å². The van der Waals surface area contributed by atoms with Gasteiger partial charge in [-0.25, -0.2) is 4.39 Å². The molecule has 0 aliphatic carbocycles. The molecule has 3 rings (SSSR count). The maximum Gasteiger partial charge on any atom is 0.255 e. The van der Waals surface area contributed by atoms with E-state index < -0.39 is 11.7 Å². The molecule has 0 radical (unpaired) electrons. The number of ketones is 1. The third-order valence-corrected chi connectivity index (χ3v) is 3.79. The van der Waals surface area contributed by atoms with Crippen molar-refractivity contribution in [3.8, 4) is 0 Å². The second-order valence-corrected chi connectivity index (χ2v) is 5.62. The average Bonchev–Trinajstić information content (AvgIpc) is 2.65. The number of pyridine rings is 1. The normalized spacial score (nSPS) is 11.0. The van der Waals surface area contributed by atoms with Crippen molar-refractivity contribution in [3.63, 3.8) is 0 Å².